The zero-order valence-corrected chi connectivity index (χ0v) is 18.7. The van der Waals surface area contributed by atoms with Crippen LogP contribution in [0.25, 0.3) is 0 Å². The van der Waals surface area contributed by atoms with Crippen LogP contribution >= 0.6 is 34.9 Å². The Hall–Kier alpha value is -1.43. The number of rotatable bonds is 9. The highest BCUT2D eigenvalue weighted by Crippen LogP contribution is 2.29. The Bertz CT molecular complexity index is 896. The lowest BCUT2D eigenvalue weighted by atomic mass is 10.2. The van der Waals surface area contributed by atoms with Crippen LogP contribution in [0.1, 0.15) is 24.6 Å². The number of anilines is 1. The summed E-state index contributed by atoms with van der Waals surface area (Å²) in [5, 5.41) is 12.0. The standard InChI is InChI=1S/C17H24N6O2S3/c1-4-26-17-21-20-15(28-17)18-13(24)10-27-14-11-6-5-7-12(11)23(16(25)19-14)9-8-22(2)3/h4-10H2,1-3H3,(H,18,20,24). The van der Waals surface area contributed by atoms with E-state index in [4.69, 9.17) is 0 Å². The molecular weight excluding hydrogens is 416 g/mol. The van der Waals surface area contributed by atoms with E-state index >= 15 is 0 Å². The molecule has 0 unspecified atom stereocenters. The SMILES string of the molecule is CCSc1nnc(NC(=O)CSc2nc(=O)n(CCN(C)C)c3c2CCC3)s1. The molecule has 0 saturated carbocycles. The first-order chi connectivity index (χ1) is 13.5. The minimum absolute atomic E-state index is 0.167. The quantitative estimate of drug-likeness (QED) is 0.359. The molecule has 0 aliphatic heterocycles. The Kier molecular flexibility index (Phi) is 7.49. The summed E-state index contributed by atoms with van der Waals surface area (Å²) in [7, 11) is 3.98. The van der Waals surface area contributed by atoms with E-state index in [0.717, 1.165) is 47.2 Å². The normalized spacial score (nSPS) is 13.1. The van der Waals surface area contributed by atoms with Crippen molar-refractivity contribution in [2.24, 2.45) is 0 Å². The number of hydrogen-bond donors (Lipinski definition) is 1. The van der Waals surface area contributed by atoms with Crippen molar-refractivity contribution in [2.45, 2.75) is 42.1 Å². The van der Waals surface area contributed by atoms with Crippen LogP contribution in [-0.2, 0) is 24.2 Å². The minimum atomic E-state index is -0.226. The summed E-state index contributed by atoms with van der Waals surface area (Å²) in [4.78, 5) is 31.1. The number of aromatic nitrogens is 4. The maximum absolute atomic E-state index is 12.5. The van der Waals surface area contributed by atoms with Crippen molar-refractivity contribution in [1.29, 1.82) is 0 Å². The second-order valence-electron chi connectivity index (χ2n) is 6.58. The van der Waals surface area contributed by atoms with Gasteiger partial charge in [-0.1, -0.05) is 41.8 Å². The lowest BCUT2D eigenvalue weighted by molar-refractivity contribution is -0.113. The van der Waals surface area contributed by atoms with Crippen LogP contribution in [0, 0.1) is 0 Å². The van der Waals surface area contributed by atoms with E-state index in [1.165, 1.54) is 23.1 Å². The summed E-state index contributed by atoms with van der Waals surface area (Å²) in [6.07, 6.45) is 2.82. The zero-order valence-electron chi connectivity index (χ0n) is 16.2. The van der Waals surface area contributed by atoms with Crippen molar-refractivity contribution in [3.63, 3.8) is 0 Å². The molecule has 1 aliphatic carbocycles. The molecule has 8 nitrogen and oxygen atoms in total. The Morgan fingerprint density at radius 1 is 1.29 bits per heavy atom. The summed E-state index contributed by atoms with van der Waals surface area (Å²) >= 11 is 4.28. The molecule has 0 radical (unpaired) electrons. The topological polar surface area (TPSA) is 93.0 Å². The average Bonchev–Trinajstić information content (AvgIpc) is 3.29. The number of fused-ring (bicyclic) bond motifs is 1. The van der Waals surface area contributed by atoms with E-state index < -0.39 is 0 Å². The van der Waals surface area contributed by atoms with Crippen molar-refractivity contribution >= 4 is 45.9 Å². The largest absolute Gasteiger partial charge is 0.348 e. The molecule has 28 heavy (non-hydrogen) atoms. The smallest absolute Gasteiger partial charge is 0.308 e. The lowest BCUT2D eigenvalue weighted by Crippen LogP contribution is -2.31. The van der Waals surface area contributed by atoms with Crippen LogP contribution in [0.4, 0.5) is 5.13 Å². The van der Waals surface area contributed by atoms with Gasteiger partial charge >= 0.3 is 5.69 Å². The Balaban J connectivity index is 1.65. The maximum Gasteiger partial charge on any atom is 0.348 e. The third kappa shape index (κ3) is 5.34. The van der Waals surface area contributed by atoms with Gasteiger partial charge in [0.2, 0.25) is 11.0 Å². The number of thioether (sulfide) groups is 2. The molecule has 0 fully saturated rings. The van der Waals surface area contributed by atoms with Crippen molar-refractivity contribution < 1.29 is 4.79 Å². The summed E-state index contributed by atoms with van der Waals surface area (Å²) in [6.45, 7) is 3.48. The Morgan fingerprint density at radius 3 is 2.86 bits per heavy atom. The van der Waals surface area contributed by atoms with Gasteiger partial charge in [-0.25, -0.2) is 4.79 Å². The van der Waals surface area contributed by atoms with Crippen molar-refractivity contribution in [3.8, 4) is 0 Å². The monoisotopic (exact) mass is 440 g/mol. The Labute approximate surface area is 176 Å². The van der Waals surface area contributed by atoms with E-state index in [2.05, 4.69) is 25.4 Å². The molecule has 0 spiro atoms. The van der Waals surface area contributed by atoms with Gasteiger partial charge < -0.3 is 4.90 Å². The van der Waals surface area contributed by atoms with Gasteiger partial charge in [-0.2, -0.15) is 4.98 Å². The first kappa shape index (κ1) is 21.3. The molecular formula is C17H24N6O2S3. The fourth-order valence-corrected chi connectivity index (χ4v) is 5.51. The van der Waals surface area contributed by atoms with Crippen molar-refractivity contribution in [2.75, 3.05) is 37.5 Å². The van der Waals surface area contributed by atoms with Gasteiger partial charge in [-0.05, 0) is 39.1 Å². The summed E-state index contributed by atoms with van der Waals surface area (Å²) in [5.74, 6) is 0.936. The molecule has 0 bridgehead atoms. The molecule has 2 aromatic heterocycles. The van der Waals surface area contributed by atoms with Crippen LogP contribution in [0.5, 0.6) is 0 Å². The number of carbonyl (C=O) groups excluding carboxylic acids is 1. The summed E-state index contributed by atoms with van der Waals surface area (Å²) in [5.41, 5.74) is 1.97. The van der Waals surface area contributed by atoms with Gasteiger partial charge in [-0.15, -0.1) is 10.2 Å². The third-order valence-corrected chi connectivity index (χ3v) is 7.10. The second-order valence-corrected chi connectivity index (χ2v) is 10.0. The number of carbonyl (C=O) groups is 1. The van der Waals surface area contributed by atoms with E-state index in [-0.39, 0.29) is 17.3 Å². The predicted octanol–water partition coefficient (Wildman–Crippen LogP) is 1.99. The number of amides is 1. The minimum Gasteiger partial charge on any atom is -0.308 e. The van der Waals surface area contributed by atoms with Gasteiger partial charge in [0.1, 0.15) is 5.03 Å². The number of nitrogens with one attached hydrogen (secondary N) is 1. The fraction of sp³-hybridized carbons (Fsp3) is 0.588. The first-order valence-electron chi connectivity index (χ1n) is 9.14. The molecule has 0 atom stereocenters. The highest BCUT2D eigenvalue weighted by atomic mass is 32.2. The highest BCUT2D eigenvalue weighted by molar-refractivity contribution is 8.01. The second kappa shape index (κ2) is 9.86. The van der Waals surface area contributed by atoms with Crippen LogP contribution in [-0.4, -0.2) is 62.7 Å². The van der Waals surface area contributed by atoms with E-state index in [1.54, 1.807) is 16.3 Å². The van der Waals surface area contributed by atoms with Gasteiger partial charge in [0.15, 0.2) is 4.34 Å². The first-order valence-corrected chi connectivity index (χ1v) is 11.9. The number of nitrogens with zero attached hydrogens (tertiary/aromatic N) is 5. The molecule has 2 aromatic rings. The molecule has 11 heteroatoms. The molecule has 0 aromatic carbocycles. The average molecular weight is 441 g/mol. The number of hydrogen-bond acceptors (Lipinski definition) is 9. The van der Waals surface area contributed by atoms with Gasteiger partial charge in [0.05, 0.1) is 5.75 Å². The molecule has 152 valence electrons. The predicted molar refractivity (Wildman–Crippen MR) is 115 cm³/mol. The summed E-state index contributed by atoms with van der Waals surface area (Å²) < 4.78 is 2.63. The van der Waals surface area contributed by atoms with Crippen LogP contribution in [0.3, 0.4) is 0 Å². The van der Waals surface area contributed by atoms with Gasteiger partial charge in [0, 0.05) is 24.3 Å². The maximum atomic E-state index is 12.5. The zero-order chi connectivity index (χ0) is 20.1. The van der Waals surface area contributed by atoms with E-state index in [0.29, 0.717) is 16.7 Å². The molecule has 2 heterocycles. The van der Waals surface area contributed by atoms with E-state index in [1.807, 2.05) is 21.0 Å². The molecule has 1 N–H and O–H groups in total. The molecule has 1 amide bonds. The number of likely N-dealkylation sites (N-methyl/N-ethyl adjacent to an activating group) is 1. The third-order valence-electron chi connectivity index (χ3n) is 4.23. The van der Waals surface area contributed by atoms with Gasteiger partial charge in [-0.3, -0.25) is 14.7 Å². The van der Waals surface area contributed by atoms with Gasteiger partial charge in [0.25, 0.3) is 0 Å². The molecule has 3 rings (SSSR count). The van der Waals surface area contributed by atoms with Crippen molar-refractivity contribution in [3.05, 3.63) is 21.7 Å². The summed E-state index contributed by atoms with van der Waals surface area (Å²) in [6, 6.07) is 0. The molecule has 1 aliphatic rings. The van der Waals surface area contributed by atoms with Crippen molar-refractivity contribution in [1.82, 2.24) is 24.6 Å². The van der Waals surface area contributed by atoms with Crippen LogP contribution < -0.4 is 11.0 Å². The highest BCUT2D eigenvalue weighted by Gasteiger charge is 2.22. The fourth-order valence-electron chi connectivity index (χ4n) is 2.97. The van der Waals surface area contributed by atoms with Crippen LogP contribution in [0.15, 0.2) is 14.2 Å². The van der Waals surface area contributed by atoms with Crippen LogP contribution in [0.2, 0.25) is 0 Å². The van der Waals surface area contributed by atoms with E-state index in [9.17, 15) is 9.59 Å². The Morgan fingerprint density at radius 2 is 2.11 bits per heavy atom. The lowest BCUT2D eigenvalue weighted by Gasteiger charge is -2.16. The molecule has 0 saturated heterocycles.